The molecule has 1 aromatic carbocycles. The van der Waals surface area contributed by atoms with Crippen LogP contribution < -0.4 is 10.6 Å². The monoisotopic (exact) mass is 289 g/mol. The first-order valence-electron chi connectivity index (χ1n) is 7.82. The molecule has 21 heavy (non-hydrogen) atoms. The van der Waals surface area contributed by atoms with Crippen molar-refractivity contribution in [2.75, 3.05) is 26.2 Å². The maximum atomic E-state index is 12.2. The van der Waals surface area contributed by atoms with Crippen LogP contribution in [0.15, 0.2) is 12.1 Å². The number of likely N-dealkylation sites (N-methyl/N-ethyl adjacent to an activating group) is 1. The average Bonchev–Trinajstić information content (AvgIpc) is 2.43. The summed E-state index contributed by atoms with van der Waals surface area (Å²) in [5.41, 5.74) is 5.30. The van der Waals surface area contributed by atoms with Crippen LogP contribution in [0, 0.1) is 20.8 Å². The molecule has 0 aliphatic carbocycles. The van der Waals surface area contributed by atoms with Gasteiger partial charge in [0.15, 0.2) is 0 Å². The topological polar surface area (TPSA) is 44.4 Å². The number of piperazine rings is 1. The van der Waals surface area contributed by atoms with Gasteiger partial charge in [-0.05, 0) is 44.4 Å². The fraction of sp³-hybridized carbons (Fsp3) is 0.588. The lowest BCUT2D eigenvalue weighted by Gasteiger charge is -2.35. The Labute approximate surface area is 127 Å². The minimum absolute atomic E-state index is 0.0706. The number of hydrogen-bond acceptors (Lipinski definition) is 3. The van der Waals surface area contributed by atoms with Crippen molar-refractivity contribution in [1.82, 2.24) is 15.5 Å². The third-order valence-electron chi connectivity index (χ3n) is 4.21. The SMILES string of the molecule is CCNC(=O)C1CNCCN1Cc1c(C)cc(C)cc1C. The molecule has 1 aliphatic rings. The van der Waals surface area contributed by atoms with E-state index in [1.54, 1.807) is 0 Å². The van der Waals surface area contributed by atoms with Gasteiger partial charge >= 0.3 is 0 Å². The summed E-state index contributed by atoms with van der Waals surface area (Å²) in [7, 11) is 0. The van der Waals surface area contributed by atoms with E-state index in [-0.39, 0.29) is 11.9 Å². The van der Waals surface area contributed by atoms with Gasteiger partial charge in [0.2, 0.25) is 5.91 Å². The second-order valence-corrected chi connectivity index (χ2v) is 5.96. The van der Waals surface area contributed by atoms with E-state index in [0.29, 0.717) is 6.54 Å². The van der Waals surface area contributed by atoms with Crippen molar-refractivity contribution < 1.29 is 4.79 Å². The highest BCUT2D eigenvalue weighted by atomic mass is 16.2. The Hall–Kier alpha value is -1.39. The summed E-state index contributed by atoms with van der Waals surface area (Å²) in [6, 6.07) is 4.39. The molecule has 116 valence electrons. The zero-order chi connectivity index (χ0) is 15.4. The van der Waals surface area contributed by atoms with E-state index in [9.17, 15) is 4.79 Å². The number of carbonyl (C=O) groups excluding carboxylic acids is 1. The van der Waals surface area contributed by atoms with Crippen LogP contribution in [0.5, 0.6) is 0 Å². The van der Waals surface area contributed by atoms with Gasteiger partial charge in [0.1, 0.15) is 6.04 Å². The standard InChI is InChI=1S/C17H27N3O/c1-5-19-17(21)16-10-18-6-7-20(16)11-15-13(3)8-12(2)9-14(15)4/h8-9,16,18H,5-7,10-11H2,1-4H3,(H,19,21). The summed E-state index contributed by atoms with van der Waals surface area (Å²) in [5, 5.41) is 6.27. The normalized spacial score (nSPS) is 19.5. The van der Waals surface area contributed by atoms with Gasteiger partial charge < -0.3 is 10.6 Å². The van der Waals surface area contributed by atoms with Crippen molar-refractivity contribution in [2.24, 2.45) is 0 Å². The average molecular weight is 289 g/mol. The van der Waals surface area contributed by atoms with E-state index >= 15 is 0 Å². The molecule has 0 radical (unpaired) electrons. The Morgan fingerprint density at radius 3 is 2.62 bits per heavy atom. The molecule has 1 saturated heterocycles. The predicted octanol–water partition coefficient (Wildman–Crippen LogP) is 1.52. The van der Waals surface area contributed by atoms with Gasteiger partial charge in [0.25, 0.3) is 0 Å². The van der Waals surface area contributed by atoms with Crippen LogP contribution >= 0.6 is 0 Å². The van der Waals surface area contributed by atoms with Crippen molar-refractivity contribution in [3.8, 4) is 0 Å². The number of aryl methyl sites for hydroxylation is 3. The molecule has 0 spiro atoms. The van der Waals surface area contributed by atoms with Gasteiger partial charge in [-0.25, -0.2) is 0 Å². The van der Waals surface area contributed by atoms with Crippen LogP contribution in [0.4, 0.5) is 0 Å². The summed E-state index contributed by atoms with van der Waals surface area (Å²) in [4.78, 5) is 14.5. The van der Waals surface area contributed by atoms with Crippen LogP contribution in [0.2, 0.25) is 0 Å². The molecule has 4 nitrogen and oxygen atoms in total. The van der Waals surface area contributed by atoms with E-state index in [0.717, 1.165) is 26.2 Å². The van der Waals surface area contributed by atoms with Gasteiger partial charge in [-0.2, -0.15) is 0 Å². The molecule has 1 atom stereocenters. The first kappa shape index (κ1) is 16.0. The molecule has 0 saturated carbocycles. The minimum atomic E-state index is -0.0706. The van der Waals surface area contributed by atoms with Crippen LogP contribution in [0.25, 0.3) is 0 Å². The number of nitrogens with one attached hydrogen (secondary N) is 2. The molecule has 1 amide bonds. The molecule has 2 N–H and O–H groups in total. The quantitative estimate of drug-likeness (QED) is 0.883. The molecule has 1 fully saturated rings. The second-order valence-electron chi connectivity index (χ2n) is 5.96. The summed E-state index contributed by atoms with van der Waals surface area (Å²) in [6.45, 7) is 12.5. The zero-order valence-electron chi connectivity index (χ0n) is 13.6. The Morgan fingerprint density at radius 2 is 2.00 bits per heavy atom. The summed E-state index contributed by atoms with van der Waals surface area (Å²) >= 11 is 0. The lowest BCUT2D eigenvalue weighted by Crippen LogP contribution is -2.57. The molecule has 1 aliphatic heterocycles. The molecule has 1 aromatic rings. The van der Waals surface area contributed by atoms with Crippen molar-refractivity contribution >= 4 is 5.91 Å². The molecular formula is C17H27N3O. The maximum Gasteiger partial charge on any atom is 0.238 e. The lowest BCUT2D eigenvalue weighted by atomic mass is 9.98. The third-order valence-corrected chi connectivity index (χ3v) is 4.21. The highest BCUT2D eigenvalue weighted by molar-refractivity contribution is 5.82. The molecule has 0 bridgehead atoms. The van der Waals surface area contributed by atoms with Gasteiger partial charge in [-0.3, -0.25) is 9.69 Å². The second kappa shape index (κ2) is 7.05. The number of benzene rings is 1. The van der Waals surface area contributed by atoms with Crippen LogP contribution in [-0.2, 0) is 11.3 Å². The van der Waals surface area contributed by atoms with E-state index < -0.39 is 0 Å². The van der Waals surface area contributed by atoms with Gasteiger partial charge in [-0.15, -0.1) is 0 Å². The number of carbonyl (C=O) groups is 1. The Balaban J connectivity index is 2.18. The first-order valence-corrected chi connectivity index (χ1v) is 7.82. The van der Waals surface area contributed by atoms with E-state index in [4.69, 9.17) is 0 Å². The molecule has 4 heteroatoms. The number of nitrogens with zero attached hydrogens (tertiary/aromatic N) is 1. The fourth-order valence-corrected chi connectivity index (χ4v) is 3.15. The Kier molecular flexibility index (Phi) is 5.37. The molecule has 2 rings (SSSR count). The largest absolute Gasteiger partial charge is 0.355 e. The Bertz CT molecular complexity index is 490. The van der Waals surface area contributed by atoms with Crippen molar-refractivity contribution in [3.05, 3.63) is 34.4 Å². The van der Waals surface area contributed by atoms with E-state index in [1.165, 1.54) is 22.3 Å². The summed E-state index contributed by atoms with van der Waals surface area (Å²) in [5.74, 6) is 0.132. The smallest absolute Gasteiger partial charge is 0.238 e. The van der Waals surface area contributed by atoms with Gasteiger partial charge in [0.05, 0.1) is 0 Å². The summed E-state index contributed by atoms with van der Waals surface area (Å²) in [6.07, 6.45) is 0. The molecule has 1 unspecified atom stereocenters. The van der Waals surface area contributed by atoms with E-state index in [1.807, 2.05) is 6.92 Å². The predicted molar refractivity (Wildman–Crippen MR) is 86.4 cm³/mol. The highest BCUT2D eigenvalue weighted by Gasteiger charge is 2.28. The van der Waals surface area contributed by atoms with Crippen LogP contribution in [-0.4, -0.2) is 43.0 Å². The summed E-state index contributed by atoms with van der Waals surface area (Å²) < 4.78 is 0. The third kappa shape index (κ3) is 3.83. The number of amides is 1. The van der Waals surface area contributed by atoms with E-state index in [2.05, 4.69) is 48.4 Å². The maximum absolute atomic E-state index is 12.2. The zero-order valence-corrected chi connectivity index (χ0v) is 13.6. The van der Waals surface area contributed by atoms with Crippen LogP contribution in [0.3, 0.4) is 0 Å². The fourth-order valence-electron chi connectivity index (χ4n) is 3.15. The number of rotatable bonds is 4. The highest BCUT2D eigenvalue weighted by Crippen LogP contribution is 2.20. The van der Waals surface area contributed by atoms with Gasteiger partial charge in [0, 0.05) is 32.7 Å². The molecule has 0 aromatic heterocycles. The molecular weight excluding hydrogens is 262 g/mol. The van der Waals surface area contributed by atoms with Crippen molar-refractivity contribution in [1.29, 1.82) is 0 Å². The van der Waals surface area contributed by atoms with Crippen molar-refractivity contribution in [2.45, 2.75) is 40.3 Å². The number of hydrogen-bond donors (Lipinski definition) is 2. The minimum Gasteiger partial charge on any atom is -0.355 e. The Morgan fingerprint density at radius 1 is 1.33 bits per heavy atom. The molecule has 1 heterocycles. The lowest BCUT2D eigenvalue weighted by molar-refractivity contribution is -0.127. The van der Waals surface area contributed by atoms with Gasteiger partial charge in [-0.1, -0.05) is 17.7 Å². The van der Waals surface area contributed by atoms with Crippen molar-refractivity contribution in [3.63, 3.8) is 0 Å². The van der Waals surface area contributed by atoms with Crippen LogP contribution in [0.1, 0.15) is 29.2 Å². The first-order chi connectivity index (χ1) is 10.0.